The lowest BCUT2D eigenvalue weighted by Gasteiger charge is -2.30. The van der Waals surface area contributed by atoms with Crippen LogP contribution in [-0.2, 0) is 0 Å². The zero-order valence-electron chi connectivity index (χ0n) is 10.4. The molecule has 0 heterocycles. The maximum absolute atomic E-state index is 10.3. The van der Waals surface area contributed by atoms with Crippen LogP contribution in [-0.4, -0.2) is 15.6 Å². The Labute approximate surface area is 103 Å². The molecular weight excluding hydrogens is 216 g/mol. The van der Waals surface area contributed by atoms with Gasteiger partial charge in [0.2, 0.25) is 0 Å². The first-order valence-electron chi connectivity index (χ1n) is 5.95. The first kappa shape index (κ1) is 13.6. The highest BCUT2D eigenvalue weighted by molar-refractivity contribution is 8.00. The summed E-state index contributed by atoms with van der Waals surface area (Å²) in [6, 6.07) is 9.92. The molecule has 0 aliphatic carbocycles. The molecule has 90 valence electrons. The highest BCUT2D eigenvalue weighted by Crippen LogP contribution is 2.37. The van der Waals surface area contributed by atoms with E-state index in [-0.39, 0.29) is 4.75 Å². The SMILES string of the molecule is CCCCSC(C)(C)C(O)c1ccccc1. The van der Waals surface area contributed by atoms with E-state index in [9.17, 15) is 5.11 Å². The number of aliphatic hydroxyl groups excluding tert-OH is 1. The number of hydrogen-bond donors (Lipinski definition) is 1. The second kappa shape index (κ2) is 6.31. The first-order chi connectivity index (χ1) is 7.58. The molecule has 1 rings (SSSR count). The summed E-state index contributed by atoms with van der Waals surface area (Å²) in [7, 11) is 0. The summed E-state index contributed by atoms with van der Waals surface area (Å²) in [6.07, 6.45) is 2.04. The second-order valence-corrected chi connectivity index (χ2v) is 6.37. The molecule has 0 radical (unpaired) electrons. The molecule has 0 saturated carbocycles. The van der Waals surface area contributed by atoms with Crippen LogP contribution < -0.4 is 0 Å². The molecule has 1 N–H and O–H groups in total. The van der Waals surface area contributed by atoms with E-state index in [1.54, 1.807) is 0 Å². The van der Waals surface area contributed by atoms with Crippen molar-refractivity contribution in [2.75, 3.05) is 5.75 Å². The van der Waals surface area contributed by atoms with Crippen molar-refractivity contribution < 1.29 is 5.11 Å². The van der Waals surface area contributed by atoms with Crippen molar-refractivity contribution in [3.05, 3.63) is 35.9 Å². The van der Waals surface area contributed by atoms with Gasteiger partial charge < -0.3 is 5.11 Å². The van der Waals surface area contributed by atoms with Gasteiger partial charge in [0.05, 0.1) is 6.10 Å². The van der Waals surface area contributed by atoms with Gasteiger partial charge in [-0.05, 0) is 31.6 Å². The van der Waals surface area contributed by atoms with E-state index in [1.165, 1.54) is 12.8 Å². The summed E-state index contributed by atoms with van der Waals surface area (Å²) in [6.45, 7) is 6.43. The predicted molar refractivity (Wildman–Crippen MR) is 72.8 cm³/mol. The number of thioether (sulfide) groups is 1. The van der Waals surface area contributed by atoms with E-state index in [2.05, 4.69) is 20.8 Å². The summed E-state index contributed by atoms with van der Waals surface area (Å²) in [5.74, 6) is 1.12. The molecule has 0 spiro atoms. The molecular formula is C14H22OS. The molecule has 1 aromatic carbocycles. The Hall–Kier alpha value is -0.470. The van der Waals surface area contributed by atoms with Crippen LogP contribution in [0.5, 0.6) is 0 Å². The van der Waals surface area contributed by atoms with Crippen LogP contribution in [0.1, 0.15) is 45.3 Å². The fourth-order valence-electron chi connectivity index (χ4n) is 1.60. The van der Waals surface area contributed by atoms with E-state index in [1.807, 2.05) is 42.1 Å². The maximum atomic E-state index is 10.3. The van der Waals surface area contributed by atoms with Crippen molar-refractivity contribution in [3.8, 4) is 0 Å². The summed E-state index contributed by atoms with van der Waals surface area (Å²) in [5.41, 5.74) is 1.01. The van der Waals surface area contributed by atoms with Gasteiger partial charge >= 0.3 is 0 Å². The van der Waals surface area contributed by atoms with Crippen molar-refractivity contribution in [3.63, 3.8) is 0 Å². The fourth-order valence-corrected chi connectivity index (χ4v) is 2.85. The fraction of sp³-hybridized carbons (Fsp3) is 0.571. The number of aliphatic hydroxyl groups is 1. The number of benzene rings is 1. The lowest BCUT2D eigenvalue weighted by molar-refractivity contribution is 0.144. The van der Waals surface area contributed by atoms with Crippen LogP contribution in [0.4, 0.5) is 0 Å². The third kappa shape index (κ3) is 3.84. The molecule has 1 unspecified atom stereocenters. The van der Waals surface area contributed by atoms with Gasteiger partial charge in [0.15, 0.2) is 0 Å². The molecule has 2 heteroatoms. The molecule has 1 atom stereocenters. The minimum atomic E-state index is -0.393. The molecule has 0 fully saturated rings. The van der Waals surface area contributed by atoms with Crippen molar-refractivity contribution in [1.82, 2.24) is 0 Å². The van der Waals surface area contributed by atoms with Gasteiger partial charge in [-0.1, -0.05) is 43.7 Å². The minimum absolute atomic E-state index is 0.115. The maximum Gasteiger partial charge on any atom is 0.0931 e. The zero-order chi connectivity index (χ0) is 12.0. The Morgan fingerprint density at radius 1 is 1.25 bits per heavy atom. The number of rotatable bonds is 6. The topological polar surface area (TPSA) is 20.2 Å². The van der Waals surface area contributed by atoms with Gasteiger partial charge in [-0.2, -0.15) is 11.8 Å². The van der Waals surface area contributed by atoms with E-state index < -0.39 is 6.10 Å². The highest BCUT2D eigenvalue weighted by atomic mass is 32.2. The summed E-state index contributed by atoms with van der Waals surface area (Å²) in [4.78, 5) is 0. The van der Waals surface area contributed by atoms with E-state index in [0.717, 1.165) is 11.3 Å². The molecule has 1 nitrogen and oxygen atoms in total. The zero-order valence-corrected chi connectivity index (χ0v) is 11.3. The smallest absolute Gasteiger partial charge is 0.0931 e. The van der Waals surface area contributed by atoms with Gasteiger partial charge in [0.1, 0.15) is 0 Å². The Morgan fingerprint density at radius 2 is 1.88 bits per heavy atom. The molecule has 0 amide bonds. The predicted octanol–water partition coefficient (Wildman–Crippen LogP) is 4.03. The van der Waals surface area contributed by atoms with E-state index in [0.29, 0.717) is 0 Å². The minimum Gasteiger partial charge on any atom is -0.387 e. The van der Waals surface area contributed by atoms with E-state index >= 15 is 0 Å². The highest BCUT2D eigenvalue weighted by Gasteiger charge is 2.29. The Kier molecular flexibility index (Phi) is 5.36. The third-order valence-electron chi connectivity index (χ3n) is 2.75. The van der Waals surface area contributed by atoms with Crippen LogP contribution in [0, 0.1) is 0 Å². The number of hydrogen-bond acceptors (Lipinski definition) is 2. The van der Waals surface area contributed by atoms with Crippen molar-refractivity contribution >= 4 is 11.8 Å². The van der Waals surface area contributed by atoms with Gasteiger partial charge in [0.25, 0.3) is 0 Å². The van der Waals surface area contributed by atoms with Crippen molar-refractivity contribution in [2.24, 2.45) is 0 Å². The van der Waals surface area contributed by atoms with Crippen LogP contribution >= 0.6 is 11.8 Å². The Balaban J connectivity index is 2.61. The summed E-state index contributed by atoms with van der Waals surface area (Å²) < 4.78 is -0.115. The third-order valence-corrected chi connectivity index (χ3v) is 4.21. The van der Waals surface area contributed by atoms with Crippen LogP contribution in [0.15, 0.2) is 30.3 Å². The average molecular weight is 238 g/mol. The van der Waals surface area contributed by atoms with Crippen LogP contribution in [0.2, 0.25) is 0 Å². The van der Waals surface area contributed by atoms with E-state index in [4.69, 9.17) is 0 Å². The molecule has 1 aromatic rings. The molecule has 0 aliphatic rings. The Bertz CT molecular complexity index is 295. The van der Waals surface area contributed by atoms with Crippen LogP contribution in [0.3, 0.4) is 0 Å². The monoisotopic (exact) mass is 238 g/mol. The molecule has 0 bridgehead atoms. The quantitative estimate of drug-likeness (QED) is 0.755. The van der Waals surface area contributed by atoms with Crippen LogP contribution in [0.25, 0.3) is 0 Å². The number of unbranched alkanes of at least 4 members (excludes halogenated alkanes) is 1. The molecule has 0 saturated heterocycles. The first-order valence-corrected chi connectivity index (χ1v) is 6.93. The van der Waals surface area contributed by atoms with Crippen molar-refractivity contribution in [1.29, 1.82) is 0 Å². The standard InChI is InChI=1S/C14H22OS/c1-4-5-11-16-14(2,3)13(15)12-9-7-6-8-10-12/h6-10,13,15H,4-5,11H2,1-3H3. The van der Waals surface area contributed by atoms with Gasteiger partial charge in [-0.15, -0.1) is 0 Å². The average Bonchev–Trinajstić information content (AvgIpc) is 2.29. The molecule has 16 heavy (non-hydrogen) atoms. The largest absolute Gasteiger partial charge is 0.387 e. The lowest BCUT2D eigenvalue weighted by atomic mass is 9.98. The Morgan fingerprint density at radius 3 is 2.44 bits per heavy atom. The van der Waals surface area contributed by atoms with Crippen molar-refractivity contribution in [2.45, 2.75) is 44.5 Å². The molecule has 0 aromatic heterocycles. The normalized spacial score (nSPS) is 13.8. The molecule has 0 aliphatic heterocycles. The summed E-state index contributed by atoms with van der Waals surface area (Å²) in [5, 5.41) is 10.3. The van der Waals surface area contributed by atoms with Gasteiger partial charge in [-0.25, -0.2) is 0 Å². The lowest BCUT2D eigenvalue weighted by Crippen LogP contribution is -2.25. The van der Waals surface area contributed by atoms with Gasteiger partial charge in [0, 0.05) is 4.75 Å². The summed E-state index contributed by atoms with van der Waals surface area (Å²) >= 11 is 1.86. The van der Waals surface area contributed by atoms with Gasteiger partial charge in [-0.3, -0.25) is 0 Å². The second-order valence-electron chi connectivity index (χ2n) is 4.62.